The summed E-state index contributed by atoms with van der Waals surface area (Å²) in [5.41, 5.74) is 5.20. The van der Waals surface area contributed by atoms with Gasteiger partial charge in [0.2, 0.25) is 0 Å². The summed E-state index contributed by atoms with van der Waals surface area (Å²) in [7, 11) is 3.58. The minimum atomic E-state index is -0.343. The Balaban J connectivity index is 2.03. The van der Waals surface area contributed by atoms with Crippen molar-refractivity contribution in [3.05, 3.63) is 46.8 Å². The highest BCUT2D eigenvalue weighted by Gasteiger charge is 2.33. The van der Waals surface area contributed by atoms with Gasteiger partial charge in [-0.05, 0) is 54.4 Å². The standard InChI is InChI=1S/C19H19FN4O2/c1-24-6-5-11-12(13-7-10(20)3-4-16(13)26-2)8-14-17(15(11)9-24)22-19(25)18(14)23-21/h3-4,7-8H,5-6,9,21H2,1-2H3,(H,22,23,25). The molecule has 0 aromatic heterocycles. The van der Waals surface area contributed by atoms with E-state index < -0.39 is 0 Å². The molecular weight excluding hydrogens is 335 g/mol. The van der Waals surface area contributed by atoms with Crippen LogP contribution in [-0.4, -0.2) is 37.2 Å². The molecule has 0 bridgehead atoms. The van der Waals surface area contributed by atoms with Gasteiger partial charge in [0, 0.05) is 24.2 Å². The molecule has 0 atom stereocenters. The number of hydrazone groups is 1. The molecule has 0 fully saturated rings. The van der Waals surface area contributed by atoms with Crippen molar-refractivity contribution in [2.45, 2.75) is 13.0 Å². The van der Waals surface area contributed by atoms with Gasteiger partial charge in [0.1, 0.15) is 11.6 Å². The smallest absolute Gasteiger partial charge is 0.276 e. The number of carbonyl (C=O) groups excluding carboxylic acids is 1. The van der Waals surface area contributed by atoms with Crippen LogP contribution in [0.25, 0.3) is 11.1 Å². The van der Waals surface area contributed by atoms with E-state index >= 15 is 0 Å². The van der Waals surface area contributed by atoms with Gasteiger partial charge in [0.15, 0.2) is 5.71 Å². The largest absolute Gasteiger partial charge is 0.496 e. The fraction of sp³-hybridized carbons (Fsp3) is 0.263. The molecule has 2 aliphatic heterocycles. The molecular formula is C19H19FN4O2. The Morgan fingerprint density at radius 3 is 2.77 bits per heavy atom. The Morgan fingerprint density at radius 2 is 2.04 bits per heavy atom. The van der Waals surface area contributed by atoms with Crippen LogP contribution in [0.2, 0.25) is 0 Å². The first-order chi connectivity index (χ1) is 12.5. The van der Waals surface area contributed by atoms with Crippen LogP contribution in [0, 0.1) is 5.82 Å². The number of likely N-dealkylation sites (N-methyl/N-ethyl adjacent to an activating group) is 1. The summed E-state index contributed by atoms with van der Waals surface area (Å²) >= 11 is 0. The number of rotatable bonds is 2. The van der Waals surface area contributed by atoms with E-state index in [9.17, 15) is 9.18 Å². The molecule has 2 heterocycles. The second-order valence-electron chi connectivity index (χ2n) is 6.57. The van der Waals surface area contributed by atoms with Crippen molar-refractivity contribution in [1.82, 2.24) is 4.90 Å². The van der Waals surface area contributed by atoms with Gasteiger partial charge in [-0.25, -0.2) is 4.39 Å². The Kier molecular flexibility index (Phi) is 3.88. The van der Waals surface area contributed by atoms with E-state index in [0.717, 1.165) is 35.3 Å². The highest BCUT2D eigenvalue weighted by Crippen LogP contribution is 2.42. The Morgan fingerprint density at radius 1 is 1.23 bits per heavy atom. The molecule has 0 saturated carbocycles. The minimum absolute atomic E-state index is 0.188. The van der Waals surface area contributed by atoms with Crippen LogP contribution >= 0.6 is 0 Å². The summed E-state index contributed by atoms with van der Waals surface area (Å²) in [5, 5.41) is 6.54. The number of fused-ring (bicyclic) bond motifs is 3. The number of halogens is 1. The third kappa shape index (κ3) is 2.43. The molecule has 0 saturated heterocycles. The van der Waals surface area contributed by atoms with Crippen LogP contribution < -0.4 is 15.9 Å². The van der Waals surface area contributed by atoms with Crippen molar-refractivity contribution in [3.63, 3.8) is 0 Å². The van der Waals surface area contributed by atoms with Gasteiger partial charge >= 0.3 is 0 Å². The summed E-state index contributed by atoms with van der Waals surface area (Å²) in [5.74, 6) is 5.36. The zero-order valence-electron chi connectivity index (χ0n) is 14.6. The van der Waals surface area contributed by atoms with E-state index in [0.29, 0.717) is 23.4 Å². The van der Waals surface area contributed by atoms with Crippen molar-refractivity contribution >= 4 is 17.3 Å². The fourth-order valence-electron chi connectivity index (χ4n) is 3.78. The lowest BCUT2D eigenvalue weighted by molar-refractivity contribution is -0.110. The number of benzene rings is 2. The lowest BCUT2D eigenvalue weighted by atomic mass is 9.87. The predicted molar refractivity (Wildman–Crippen MR) is 97.8 cm³/mol. The molecule has 0 unspecified atom stereocenters. The first-order valence-corrected chi connectivity index (χ1v) is 8.34. The van der Waals surface area contributed by atoms with Crippen LogP contribution in [0.5, 0.6) is 5.75 Å². The summed E-state index contributed by atoms with van der Waals surface area (Å²) < 4.78 is 19.4. The van der Waals surface area contributed by atoms with Gasteiger partial charge in [0.05, 0.1) is 12.8 Å². The molecule has 0 spiro atoms. The molecule has 26 heavy (non-hydrogen) atoms. The zero-order valence-corrected chi connectivity index (χ0v) is 14.6. The number of hydrogen-bond donors (Lipinski definition) is 2. The van der Waals surface area contributed by atoms with Crippen LogP contribution in [0.4, 0.5) is 10.1 Å². The van der Waals surface area contributed by atoms with Gasteiger partial charge in [-0.1, -0.05) is 0 Å². The molecule has 3 N–H and O–H groups in total. The number of hydrogen-bond acceptors (Lipinski definition) is 5. The summed E-state index contributed by atoms with van der Waals surface area (Å²) in [4.78, 5) is 14.4. The van der Waals surface area contributed by atoms with E-state index in [2.05, 4.69) is 15.3 Å². The van der Waals surface area contributed by atoms with Crippen LogP contribution in [0.15, 0.2) is 29.4 Å². The maximum Gasteiger partial charge on any atom is 0.276 e. The van der Waals surface area contributed by atoms with Crippen LogP contribution in [-0.2, 0) is 17.8 Å². The fourth-order valence-corrected chi connectivity index (χ4v) is 3.78. The lowest BCUT2D eigenvalue weighted by Gasteiger charge is -2.29. The molecule has 0 radical (unpaired) electrons. The van der Waals surface area contributed by atoms with Gasteiger partial charge in [-0.15, -0.1) is 0 Å². The number of nitrogens with one attached hydrogen (secondary N) is 1. The molecule has 2 aromatic carbocycles. The molecule has 6 nitrogen and oxygen atoms in total. The Bertz CT molecular complexity index is 955. The van der Waals surface area contributed by atoms with E-state index in [1.165, 1.54) is 12.1 Å². The van der Waals surface area contributed by atoms with Crippen molar-refractivity contribution in [2.24, 2.45) is 10.9 Å². The second kappa shape index (κ2) is 6.10. The Labute approximate surface area is 150 Å². The lowest BCUT2D eigenvalue weighted by Crippen LogP contribution is -2.28. The minimum Gasteiger partial charge on any atom is -0.496 e. The number of nitrogens with zero attached hydrogens (tertiary/aromatic N) is 2. The van der Waals surface area contributed by atoms with E-state index in [4.69, 9.17) is 10.6 Å². The zero-order chi connectivity index (χ0) is 18.4. The van der Waals surface area contributed by atoms with Gasteiger partial charge < -0.3 is 20.8 Å². The number of anilines is 1. The molecule has 2 aliphatic rings. The molecule has 0 aliphatic carbocycles. The normalized spacial score (nSPS) is 17.8. The van der Waals surface area contributed by atoms with Crippen molar-refractivity contribution < 1.29 is 13.9 Å². The highest BCUT2D eigenvalue weighted by atomic mass is 19.1. The number of amides is 1. The molecule has 2 aromatic rings. The average Bonchev–Trinajstić information content (AvgIpc) is 2.96. The van der Waals surface area contributed by atoms with Crippen molar-refractivity contribution in [1.29, 1.82) is 0 Å². The predicted octanol–water partition coefficient (Wildman–Crippen LogP) is 2.10. The number of carbonyl (C=O) groups is 1. The molecule has 1 amide bonds. The quantitative estimate of drug-likeness (QED) is 0.639. The van der Waals surface area contributed by atoms with Gasteiger partial charge in [-0.2, -0.15) is 5.10 Å². The summed E-state index contributed by atoms with van der Waals surface area (Å²) in [6, 6.07) is 6.30. The van der Waals surface area contributed by atoms with Crippen LogP contribution in [0.1, 0.15) is 16.7 Å². The summed E-state index contributed by atoms with van der Waals surface area (Å²) in [6.45, 7) is 1.56. The molecule has 7 heteroatoms. The second-order valence-corrected chi connectivity index (χ2v) is 6.57. The molecule has 134 valence electrons. The van der Waals surface area contributed by atoms with Crippen molar-refractivity contribution in [2.75, 3.05) is 26.0 Å². The van der Waals surface area contributed by atoms with Crippen molar-refractivity contribution in [3.8, 4) is 16.9 Å². The third-order valence-electron chi connectivity index (χ3n) is 5.01. The number of ether oxygens (including phenoxy) is 1. The van der Waals surface area contributed by atoms with Gasteiger partial charge in [-0.3, -0.25) is 4.79 Å². The highest BCUT2D eigenvalue weighted by molar-refractivity contribution is 6.54. The number of nitrogens with two attached hydrogens (primary N) is 1. The molecule has 4 rings (SSSR count). The van der Waals surface area contributed by atoms with Gasteiger partial charge in [0.25, 0.3) is 5.91 Å². The number of methoxy groups -OCH3 is 1. The van der Waals surface area contributed by atoms with Crippen LogP contribution in [0.3, 0.4) is 0 Å². The monoisotopic (exact) mass is 354 g/mol. The maximum atomic E-state index is 14.0. The summed E-state index contributed by atoms with van der Waals surface area (Å²) in [6.07, 6.45) is 0.791. The average molecular weight is 354 g/mol. The van der Waals surface area contributed by atoms with E-state index in [1.54, 1.807) is 13.2 Å². The van der Waals surface area contributed by atoms with E-state index in [-0.39, 0.29) is 17.4 Å². The SMILES string of the molecule is COc1ccc(F)cc1-c1cc2c(c3c1CCN(C)C3)NC(=O)/C2=N/N. The third-order valence-corrected chi connectivity index (χ3v) is 5.01. The van der Waals surface area contributed by atoms with E-state index in [1.807, 2.05) is 13.1 Å². The topological polar surface area (TPSA) is 80.0 Å². The first kappa shape index (κ1) is 16.5. The Hall–Kier alpha value is -2.93. The maximum absolute atomic E-state index is 14.0. The first-order valence-electron chi connectivity index (χ1n) is 8.34.